The molecular weight excluding hydrogens is 440 g/mol. The summed E-state index contributed by atoms with van der Waals surface area (Å²) in [6.07, 6.45) is 11.5. The van der Waals surface area contributed by atoms with Gasteiger partial charge >= 0.3 is 11.9 Å². The second kappa shape index (κ2) is 9.68. The largest absolute Gasteiger partial charge is 0.463 e. The monoisotopic (exact) mass is 478 g/mol. The van der Waals surface area contributed by atoms with Crippen LogP contribution in [0.2, 0.25) is 0 Å². The number of hydrogen-bond donors (Lipinski definition) is 0. The number of fused-ring (bicyclic) bond motifs is 2. The fraction of sp³-hybridized carbons (Fsp3) is 0.923. The highest BCUT2D eigenvalue weighted by atomic mass is 16.6. The molecule has 0 radical (unpaired) electrons. The van der Waals surface area contributed by atoms with Crippen molar-refractivity contribution in [2.75, 3.05) is 26.4 Å². The van der Waals surface area contributed by atoms with Crippen molar-refractivity contribution in [2.45, 2.75) is 107 Å². The van der Waals surface area contributed by atoms with Gasteiger partial charge in [0.25, 0.3) is 0 Å². The van der Waals surface area contributed by atoms with E-state index in [0.29, 0.717) is 81.9 Å². The minimum Gasteiger partial charge on any atom is -0.463 e. The molecule has 0 aromatic rings. The van der Waals surface area contributed by atoms with E-state index in [1.54, 1.807) is 0 Å². The SMILES string of the molecule is O=C(CCCC(CC1CCC2OC2C1)(CC1CCC2OC2C1)C(=O)OCC1CO1)OCC1CO1. The summed E-state index contributed by atoms with van der Waals surface area (Å²) in [6, 6.07) is 0. The maximum Gasteiger partial charge on any atom is 0.312 e. The van der Waals surface area contributed by atoms with Crippen molar-refractivity contribution in [3.63, 3.8) is 0 Å². The van der Waals surface area contributed by atoms with E-state index in [9.17, 15) is 9.59 Å². The molecular formula is C26H38O8. The van der Waals surface area contributed by atoms with Crippen molar-refractivity contribution in [1.82, 2.24) is 0 Å². The topological polar surface area (TPSA) is 103 Å². The molecule has 4 heterocycles. The van der Waals surface area contributed by atoms with Crippen molar-refractivity contribution in [3.05, 3.63) is 0 Å². The summed E-state index contributed by atoms with van der Waals surface area (Å²) in [6.45, 7) is 2.01. The van der Waals surface area contributed by atoms with Gasteiger partial charge in [-0.25, -0.2) is 0 Å². The highest BCUT2D eigenvalue weighted by Gasteiger charge is 2.51. The van der Waals surface area contributed by atoms with Crippen LogP contribution in [0.4, 0.5) is 0 Å². The first-order valence-electron chi connectivity index (χ1n) is 13.4. The molecule has 0 spiro atoms. The predicted molar refractivity (Wildman–Crippen MR) is 119 cm³/mol. The Hall–Kier alpha value is -1.22. The van der Waals surface area contributed by atoms with Crippen molar-refractivity contribution in [1.29, 1.82) is 0 Å². The number of esters is 2. The zero-order chi connectivity index (χ0) is 23.1. The van der Waals surface area contributed by atoms with E-state index in [2.05, 4.69) is 0 Å². The van der Waals surface area contributed by atoms with E-state index in [-0.39, 0.29) is 24.1 Å². The van der Waals surface area contributed by atoms with Gasteiger partial charge in [0.05, 0.1) is 43.0 Å². The second-order valence-corrected chi connectivity index (χ2v) is 11.5. The quantitative estimate of drug-likeness (QED) is 0.294. The average molecular weight is 479 g/mol. The Labute approximate surface area is 201 Å². The third-order valence-corrected chi connectivity index (χ3v) is 8.69. The minimum absolute atomic E-state index is 0.0480. The van der Waals surface area contributed by atoms with Crippen LogP contribution in [-0.2, 0) is 38.0 Å². The normalized spacial score (nSPS) is 40.8. The number of rotatable bonds is 13. The Morgan fingerprint density at radius 1 is 0.765 bits per heavy atom. The van der Waals surface area contributed by atoms with Crippen molar-refractivity contribution in [2.24, 2.45) is 17.3 Å². The van der Waals surface area contributed by atoms with Crippen LogP contribution in [0.1, 0.15) is 70.6 Å². The molecule has 34 heavy (non-hydrogen) atoms. The third kappa shape index (κ3) is 5.94. The molecule has 0 N–H and O–H groups in total. The summed E-state index contributed by atoms with van der Waals surface area (Å²) in [4.78, 5) is 26.0. The van der Waals surface area contributed by atoms with Crippen LogP contribution in [0, 0.1) is 17.3 Å². The fourth-order valence-electron chi connectivity index (χ4n) is 6.49. The van der Waals surface area contributed by atoms with Gasteiger partial charge in [-0.05, 0) is 76.0 Å². The molecule has 0 aromatic heterocycles. The molecule has 0 aromatic carbocycles. The molecule has 190 valence electrons. The van der Waals surface area contributed by atoms with Gasteiger partial charge in [-0.2, -0.15) is 0 Å². The third-order valence-electron chi connectivity index (χ3n) is 8.69. The van der Waals surface area contributed by atoms with E-state index in [1.807, 2.05) is 0 Å². The predicted octanol–water partition coefficient (Wildman–Crippen LogP) is 2.94. The highest BCUT2D eigenvalue weighted by molar-refractivity contribution is 5.77. The van der Waals surface area contributed by atoms with Gasteiger partial charge < -0.3 is 28.4 Å². The van der Waals surface area contributed by atoms with Crippen molar-refractivity contribution < 1.29 is 38.0 Å². The van der Waals surface area contributed by atoms with Gasteiger partial charge in [0, 0.05) is 6.42 Å². The Morgan fingerprint density at radius 2 is 1.32 bits per heavy atom. The highest BCUT2D eigenvalue weighted by Crippen LogP contribution is 2.50. The van der Waals surface area contributed by atoms with Crippen LogP contribution in [0.25, 0.3) is 0 Å². The Bertz CT molecular complexity index is 732. The molecule has 2 aliphatic carbocycles. The van der Waals surface area contributed by atoms with Gasteiger partial charge in [0.1, 0.15) is 25.4 Å². The number of carbonyl (C=O) groups excluding carboxylic acids is 2. The smallest absolute Gasteiger partial charge is 0.312 e. The first-order chi connectivity index (χ1) is 16.6. The van der Waals surface area contributed by atoms with Crippen LogP contribution in [0.3, 0.4) is 0 Å². The number of ether oxygens (including phenoxy) is 6. The van der Waals surface area contributed by atoms with E-state index in [0.717, 1.165) is 51.4 Å². The molecule has 2 saturated carbocycles. The summed E-state index contributed by atoms with van der Waals surface area (Å²) in [7, 11) is 0. The summed E-state index contributed by atoms with van der Waals surface area (Å²) in [5.41, 5.74) is -0.576. The van der Waals surface area contributed by atoms with Gasteiger partial charge in [0.15, 0.2) is 0 Å². The van der Waals surface area contributed by atoms with Crippen LogP contribution in [-0.4, -0.2) is 75.0 Å². The standard InChI is InChI=1S/C26H38O8/c27-24(31-14-18-12-29-18)2-1-7-26(25(28)32-15-19-13-30-19,10-16-3-5-20-22(8-16)33-20)11-17-4-6-21-23(9-17)34-21/h16-23H,1-15H2. The molecule has 8 heteroatoms. The van der Waals surface area contributed by atoms with Crippen molar-refractivity contribution >= 4 is 11.9 Å². The first-order valence-corrected chi connectivity index (χ1v) is 13.4. The van der Waals surface area contributed by atoms with Crippen LogP contribution >= 0.6 is 0 Å². The molecule has 6 rings (SSSR count). The van der Waals surface area contributed by atoms with E-state index < -0.39 is 5.41 Å². The van der Waals surface area contributed by atoms with Gasteiger partial charge in [-0.1, -0.05) is 0 Å². The second-order valence-electron chi connectivity index (χ2n) is 11.5. The number of hydrogen-bond acceptors (Lipinski definition) is 8. The first kappa shape index (κ1) is 23.2. The van der Waals surface area contributed by atoms with Gasteiger partial charge in [-0.3, -0.25) is 9.59 Å². The van der Waals surface area contributed by atoms with Crippen LogP contribution in [0.5, 0.6) is 0 Å². The summed E-state index contributed by atoms with van der Waals surface area (Å²) >= 11 is 0. The van der Waals surface area contributed by atoms with E-state index in [4.69, 9.17) is 28.4 Å². The zero-order valence-corrected chi connectivity index (χ0v) is 20.0. The molecule has 0 bridgehead atoms. The zero-order valence-electron chi connectivity index (χ0n) is 20.0. The minimum atomic E-state index is -0.576. The fourth-order valence-corrected chi connectivity index (χ4v) is 6.49. The summed E-state index contributed by atoms with van der Waals surface area (Å²) in [5.74, 6) is 0.616. The van der Waals surface area contributed by atoms with E-state index >= 15 is 0 Å². The number of epoxide rings is 4. The Kier molecular flexibility index (Phi) is 6.60. The van der Waals surface area contributed by atoms with Crippen LogP contribution in [0.15, 0.2) is 0 Å². The lowest BCUT2D eigenvalue weighted by atomic mass is 9.66. The lowest BCUT2D eigenvalue weighted by Gasteiger charge is -2.38. The van der Waals surface area contributed by atoms with Crippen molar-refractivity contribution in [3.8, 4) is 0 Å². The lowest BCUT2D eigenvalue weighted by molar-refractivity contribution is -0.161. The molecule has 4 aliphatic heterocycles. The lowest BCUT2D eigenvalue weighted by Crippen LogP contribution is -2.39. The molecule has 0 amide bonds. The number of carbonyl (C=O) groups is 2. The molecule has 6 aliphatic rings. The van der Waals surface area contributed by atoms with Crippen LogP contribution < -0.4 is 0 Å². The summed E-state index contributed by atoms with van der Waals surface area (Å²) in [5, 5.41) is 0. The maximum absolute atomic E-state index is 13.8. The molecule has 8 nitrogen and oxygen atoms in total. The molecule has 8 atom stereocenters. The molecule has 6 fully saturated rings. The Balaban J connectivity index is 1.13. The average Bonchev–Trinajstić information content (AvgIpc) is 3.68. The van der Waals surface area contributed by atoms with Gasteiger partial charge in [0.2, 0.25) is 0 Å². The summed E-state index contributed by atoms with van der Waals surface area (Å²) < 4.78 is 33.2. The Morgan fingerprint density at radius 3 is 1.85 bits per heavy atom. The maximum atomic E-state index is 13.8. The van der Waals surface area contributed by atoms with E-state index in [1.165, 1.54) is 0 Å². The van der Waals surface area contributed by atoms with Gasteiger partial charge in [-0.15, -0.1) is 0 Å². The molecule has 8 unspecified atom stereocenters. The molecule has 4 saturated heterocycles.